The molecule has 0 spiro atoms. The third-order valence-corrected chi connectivity index (χ3v) is 12.8. The highest BCUT2D eigenvalue weighted by Gasteiger charge is 2.19. The van der Waals surface area contributed by atoms with Crippen LogP contribution < -0.4 is 4.90 Å². The summed E-state index contributed by atoms with van der Waals surface area (Å²) in [6.45, 7) is 0. The van der Waals surface area contributed by atoms with Crippen LogP contribution in [0.4, 0.5) is 17.1 Å². The first-order valence-electron chi connectivity index (χ1n) is 19.4. The molecule has 2 nitrogen and oxygen atoms in total. The summed E-state index contributed by atoms with van der Waals surface area (Å²) < 4.78 is 9.18. The molecule has 266 valence electrons. The van der Waals surface area contributed by atoms with E-state index in [0.29, 0.717) is 0 Å². The van der Waals surface area contributed by atoms with Crippen molar-refractivity contribution in [1.29, 1.82) is 0 Å². The van der Waals surface area contributed by atoms with Crippen molar-refractivity contribution >= 4 is 103 Å². The predicted octanol–water partition coefficient (Wildman–Crippen LogP) is 16.2. The molecule has 10 aromatic carbocycles. The zero-order valence-corrected chi connectivity index (χ0v) is 31.6. The molecule has 2 heterocycles. The van der Waals surface area contributed by atoms with Gasteiger partial charge < -0.3 is 9.32 Å². The van der Waals surface area contributed by atoms with Crippen molar-refractivity contribution in [3.8, 4) is 22.3 Å². The van der Waals surface area contributed by atoms with Gasteiger partial charge in [0.1, 0.15) is 11.2 Å². The highest BCUT2D eigenvalue weighted by Crippen LogP contribution is 2.44. The monoisotopic (exact) mass is 743 g/mol. The second kappa shape index (κ2) is 12.7. The minimum Gasteiger partial charge on any atom is -0.455 e. The first-order valence-corrected chi connectivity index (χ1v) is 20.2. The van der Waals surface area contributed by atoms with Crippen LogP contribution in [-0.2, 0) is 0 Å². The fourth-order valence-corrected chi connectivity index (χ4v) is 10.1. The van der Waals surface area contributed by atoms with E-state index in [1.54, 1.807) is 0 Å². The van der Waals surface area contributed by atoms with Crippen LogP contribution in [0.25, 0.3) is 96.7 Å². The van der Waals surface area contributed by atoms with Crippen molar-refractivity contribution in [2.45, 2.75) is 0 Å². The molecule has 12 aromatic rings. The topological polar surface area (TPSA) is 16.4 Å². The van der Waals surface area contributed by atoms with Crippen LogP contribution in [0.3, 0.4) is 0 Å². The maximum atomic E-state index is 6.60. The van der Waals surface area contributed by atoms with Gasteiger partial charge in [-0.05, 0) is 110 Å². The van der Waals surface area contributed by atoms with E-state index in [0.717, 1.165) is 55.5 Å². The number of furan rings is 1. The van der Waals surface area contributed by atoms with E-state index in [9.17, 15) is 0 Å². The number of hydrogen-bond donors (Lipinski definition) is 0. The lowest BCUT2D eigenvalue weighted by molar-refractivity contribution is 0.673. The molecule has 0 saturated heterocycles. The molecule has 0 amide bonds. The van der Waals surface area contributed by atoms with Crippen molar-refractivity contribution in [2.75, 3.05) is 4.90 Å². The quantitative estimate of drug-likeness (QED) is 0.163. The number of hydrogen-bond acceptors (Lipinski definition) is 3. The maximum Gasteiger partial charge on any atom is 0.143 e. The molecule has 0 bridgehead atoms. The van der Waals surface area contributed by atoms with Gasteiger partial charge >= 0.3 is 0 Å². The van der Waals surface area contributed by atoms with Gasteiger partial charge in [-0.25, -0.2) is 0 Å². The smallest absolute Gasteiger partial charge is 0.143 e. The number of thiophene rings is 1. The number of rotatable bonds is 5. The lowest BCUT2D eigenvalue weighted by atomic mass is 9.93. The molecule has 2 aromatic heterocycles. The SMILES string of the molecule is c1cc(-c2cccc3oc4c5ccccc5ccc4c23)cc(N(c2ccc(-c3cc4ccccc4c4ccccc34)cc2)c2ccc3c(c2)sc2ccccc23)c1. The molecule has 0 unspecified atom stereocenters. The average Bonchev–Trinajstić information content (AvgIpc) is 3.85. The molecule has 0 atom stereocenters. The molecular weight excluding hydrogens is 711 g/mol. The number of benzene rings is 10. The van der Waals surface area contributed by atoms with Crippen molar-refractivity contribution in [3.63, 3.8) is 0 Å². The molecule has 0 fully saturated rings. The molecular formula is C54H33NOS. The molecule has 0 aliphatic rings. The second-order valence-electron chi connectivity index (χ2n) is 14.8. The van der Waals surface area contributed by atoms with Gasteiger partial charge in [0.15, 0.2) is 0 Å². The molecule has 57 heavy (non-hydrogen) atoms. The van der Waals surface area contributed by atoms with Crippen LogP contribution in [0, 0.1) is 0 Å². The zero-order valence-electron chi connectivity index (χ0n) is 30.8. The first kappa shape index (κ1) is 32.1. The van der Waals surface area contributed by atoms with Crippen molar-refractivity contribution < 1.29 is 4.42 Å². The Labute approximate surface area is 333 Å². The Kier molecular flexibility index (Phi) is 7.13. The van der Waals surface area contributed by atoms with Gasteiger partial charge in [0, 0.05) is 53.4 Å². The fourth-order valence-electron chi connectivity index (χ4n) is 8.99. The lowest BCUT2D eigenvalue weighted by Gasteiger charge is -2.26. The van der Waals surface area contributed by atoms with E-state index >= 15 is 0 Å². The first-order chi connectivity index (χ1) is 28.2. The van der Waals surface area contributed by atoms with Crippen molar-refractivity contribution in [3.05, 3.63) is 200 Å². The van der Waals surface area contributed by atoms with Crippen LogP contribution in [-0.4, -0.2) is 0 Å². The molecule has 0 aliphatic carbocycles. The summed E-state index contributed by atoms with van der Waals surface area (Å²) in [6, 6.07) is 72.8. The van der Waals surface area contributed by atoms with E-state index in [1.165, 1.54) is 58.2 Å². The Morgan fingerprint density at radius 2 is 1.02 bits per heavy atom. The number of fused-ring (bicyclic) bond motifs is 11. The van der Waals surface area contributed by atoms with Gasteiger partial charge in [-0.15, -0.1) is 11.3 Å². The van der Waals surface area contributed by atoms with Gasteiger partial charge in [0.25, 0.3) is 0 Å². The molecule has 0 saturated carbocycles. The van der Waals surface area contributed by atoms with Gasteiger partial charge in [-0.1, -0.05) is 140 Å². The molecule has 0 N–H and O–H groups in total. The Morgan fingerprint density at radius 1 is 0.351 bits per heavy atom. The predicted molar refractivity (Wildman–Crippen MR) is 245 cm³/mol. The standard InChI is InChI=1S/C54H33NOS/c1-4-16-43-34(11-1)25-29-48-53-42(20-10-21-50(53)56-54(43)48)36-13-9-14-39(31-36)55(40-28-30-47-46-19-7-8-22-51(46)57-52(47)33-40)38-26-23-35(24-27-38)49-32-37-12-2-3-15-41(37)44-17-5-6-18-45(44)49/h1-33H. The van der Waals surface area contributed by atoms with Gasteiger partial charge in [-0.2, -0.15) is 0 Å². The van der Waals surface area contributed by atoms with Crippen LogP contribution in [0.5, 0.6) is 0 Å². The van der Waals surface area contributed by atoms with E-state index in [1.807, 2.05) is 11.3 Å². The van der Waals surface area contributed by atoms with Gasteiger partial charge in [-0.3, -0.25) is 0 Å². The Morgan fingerprint density at radius 3 is 1.89 bits per heavy atom. The molecule has 3 heteroatoms. The van der Waals surface area contributed by atoms with E-state index in [-0.39, 0.29) is 0 Å². The average molecular weight is 744 g/mol. The van der Waals surface area contributed by atoms with Crippen LogP contribution >= 0.6 is 11.3 Å². The lowest BCUT2D eigenvalue weighted by Crippen LogP contribution is -2.10. The summed E-state index contributed by atoms with van der Waals surface area (Å²) in [5, 5.41) is 12.2. The van der Waals surface area contributed by atoms with Crippen LogP contribution in [0.15, 0.2) is 205 Å². The molecule has 0 aliphatic heterocycles. The third-order valence-electron chi connectivity index (χ3n) is 11.6. The summed E-state index contributed by atoms with van der Waals surface area (Å²) in [7, 11) is 0. The van der Waals surface area contributed by atoms with Gasteiger partial charge in [0.05, 0.1) is 0 Å². The fraction of sp³-hybridized carbons (Fsp3) is 0. The van der Waals surface area contributed by atoms with Crippen LogP contribution in [0.2, 0.25) is 0 Å². The molecule has 12 rings (SSSR count). The summed E-state index contributed by atoms with van der Waals surface area (Å²) in [5.41, 5.74) is 9.87. The summed E-state index contributed by atoms with van der Waals surface area (Å²) >= 11 is 1.85. The number of nitrogens with zero attached hydrogens (tertiary/aromatic N) is 1. The largest absolute Gasteiger partial charge is 0.455 e. The highest BCUT2D eigenvalue weighted by atomic mass is 32.1. The normalized spacial score (nSPS) is 11.9. The Hall–Kier alpha value is -7.20. The zero-order chi connectivity index (χ0) is 37.5. The Bertz CT molecular complexity index is 3540. The van der Waals surface area contributed by atoms with Gasteiger partial charge in [0.2, 0.25) is 0 Å². The highest BCUT2D eigenvalue weighted by molar-refractivity contribution is 7.25. The van der Waals surface area contributed by atoms with E-state index in [2.05, 4.69) is 205 Å². The van der Waals surface area contributed by atoms with Crippen molar-refractivity contribution in [2.24, 2.45) is 0 Å². The Balaban J connectivity index is 1.03. The van der Waals surface area contributed by atoms with Crippen molar-refractivity contribution in [1.82, 2.24) is 0 Å². The summed E-state index contributed by atoms with van der Waals surface area (Å²) in [5.74, 6) is 0. The minimum absolute atomic E-state index is 0.896. The maximum absolute atomic E-state index is 6.60. The molecule has 0 radical (unpaired) electrons. The third kappa shape index (κ3) is 5.10. The van der Waals surface area contributed by atoms with Crippen LogP contribution in [0.1, 0.15) is 0 Å². The van der Waals surface area contributed by atoms with E-state index < -0.39 is 0 Å². The summed E-state index contributed by atoms with van der Waals surface area (Å²) in [6.07, 6.45) is 0. The second-order valence-corrected chi connectivity index (χ2v) is 15.9. The summed E-state index contributed by atoms with van der Waals surface area (Å²) in [4.78, 5) is 2.40. The number of anilines is 3. The minimum atomic E-state index is 0.896. The van der Waals surface area contributed by atoms with E-state index in [4.69, 9.17) is 4.42 Å².